The Labute approximate surface area is 114 Å². The molecule has 0 aromatic rings. The van der Waals surface area contributed by atoms with Crippen molar-refractivity contribution < 1.29 is 23.3 Å². The Morgan fingerprint density at radius 1 is 1.22 bits per heavy atom. The van der Waals surface area contributed by atoms with Crippen LogP contribution in [0, 0.1) is 0 Å². The second kappa shape index (κ2) is 9.38. The molecule has 0 saturated heterocycles. The van der Waals surface area contributed by atoms with Crippen LogP contribution >= 0.6 is 11.8 Å². The molecule has 0 radical (unpaired) electrons. The number of hydrogen-bond donors (Lipinski definition) is 0. The van der Waals surface area contributed by atoms with Gasteiger partial charge in [-0.15, -0.1) is 11.8 Å². The summed E-state index contributed by atoms with van der Waals surface area (Å²) in [6, 6.07) is 0. The molecule has 0 aromatic carbocycles. The first-order chi connectivity index (χ1) is 8.42. The van der Waals surface area contributed by atoms with E-state index in [1.54, 1.807) is 6.92 Å². The SMILES string of the molecule is CCSC(C(COC(C)=O)OC(C)=O)S(=O)CC. The lowest BCUT2D eigenvalue weighted by Crippen LogP contribution is -2.37. The molecule has 7 heteroatoms. The monoisotopic (exact) mass is 296 g/mol. The third-order valence-electron chi connectivity index (χ3n) is 1.95. The molecule has 0 aliphatic rings. The average molecular weight is 296 g/mol. The zero-order chi connectivity index (χ0) is 14.1. The number of thioether (sulfide) groups is 1. The molecule has 0 fully saturated rings. The lowest BCUT2D eigenvalue weighted by molar-refractivity contribution is -0.155. The normalized spacial score (nSPS) is 15.6. The molecule has 106 valence electrons. The first-order valence-electron chi connectivity index (χ1n) is 5.71. The summed E-state index contributed by atoms with van der Waals surface area (Å²) in [4.78, 5) is 21.9. The van der Waals surface area contributed by atoms with Gasteiger partial charge >= 0.3 is 11.9 Å². The van der Waals surface area contributed by atoms with Crippen molar-refractivity contribution in [1.82, 2.24) is 0 Å². The maximum atomic E-state index is 11.9. The summed E-state index contributed by atoms with van der Waals surface area (Å²) in [5.74, 6) is 0.292. The van der Waals surface area contributed by atoms with Crippen LogP contribution in [0.15, 0.2) is 0 Å². The van der Waals surface area contributed by atoms with Crippen LogP contribution in [0.4, 0.5) is 0 Å². The van der Waals surface area contributed by atoms with Crippen molar-refractivity contribution >= 4 is 34.5 Å². The van der Waals surface area contributed by atoms with E-state index in [0.717, 1.165) is 5.75 Å². The van der Waals surface area contributed by atoms with Gasteiger partial charge in [-0.2, -0.15) is 0 Å². The second-order valence-electron chi connectivity index (χ2n) is 3.44. The molecule has 0 spiro atoms. The molecule has 0 N–H and O–H groups in total. The molecule has 0 aliphatic carbocycles. The highest BCUT2D eigenvalue weighted by atomic mass is 32.2. The molecule has 0 heterocycles. The molecule has 5 nitrogen and oxygen atoms in total. The van der Waals surface area contributed by atoms with E-state index >= 15 is 0 Å². The van der Waals surface area contributed by atoms with Crippen molar-refractivity contribution in [3.05, 3.63) is 0 Å². The number of rotatable bonds is 8. The summed E-state index contributed by atoms with van der Waals surface area (Å²) < 4.78 is 21.5. The topological polar surface area (TPSA) is 69.7 Å². The molecule has 0 aliphatic heterocycles. The molecular formula is C11H20O5S2. The van der Waals surface area contributed by atoms with Gasteiger partial charge in [0.2, 0.25) is 0 Å². The predicted molar refractivity (Wildman–Crippen MR) is 72.8 cm³/mol. The smallest absolute Gasteiger partial charge is 0.303 e. The minimum atomic E-state index is -1.13. The third kappa shape index (κ3) is 7.00. The summed E-state index contributed by atoms with van der Waals surface area (Å²) in [5, 5.41) is 0. The predicted octanol–water partition coefficient (Wildman–Crippen LogP) is 1.33. The van der Waals surface area contributed by atoms with Crippen LogP contribution in [0.5, 0.6) is 0 Å². The number of ether oxygens (including phenoxy) is 2. The quantitative estimate of drug-likeness (QED) is 0.629. The fourth-order valence-electron chi connectivity index (χ4n) is 1.26. The zero-order valence-electron chi connectivity index (χ0n) is 11.1. The standard InChI is InChI=1S/C11H20O5S2/c1-5-17-11(18(14)6-2)10(16-9(4)13)7-15-8(3)12/h10-11H,5-7H2,1-4H3. The number of carbonyl (C=O) groups is 2. The van der Waals surface area contributed by atoms with Gasteiger partial charge in [-0.05, 0) is 5.75 Å². The van der Waals surface area contributed by atoms with E-state index in [9.17, 15) is 13.8 Å². The molecule has 0 aromatic heterocycles. The Kier molecular flexibility index (Phi) is 9.09. The average Bonchev–Trinajstić information content (AvgIpc) is 2.30. The van der Waals surface area contributed by atoms with Gasteiger partial charge in [0.1, 0.15) is 11.2 Å². The molecular weight excluding hydrogens is 276 g/mol. The molecule has 3 unspecified atom stereocenters. The molecule has 0 bridgehead atoms. The van der Waals surface area contributed by atoms with E-state index < -0.39 is 28.8 Å². The van der Waals surface area contributed by atoms with Gasteiger partial charge in [-0.3, -0.25) is 13.8 Å². The van der Waals surface area contributed by atoms with Crippen LogP contribution in [-0.2, 0) is 29.9 Å². The van der Waals surface area contributed by atoms with E-state index in [2.05, 4.69) is 0 Å². The summed E-state index contributed by atoms with van der Waals surface area (Å²) in [6.07, 6.45) is -0.669. The highest BCUT2D eigenvalue weighted by molar-refractivity contribution is 8.11. The van der Waals surface area contributed by atoms with Crippen LogP contribution in [0.1, 0.15) is 27.7 Å². The molecule has 18 heavy (non-hydrogen) atoms. The summed E-state index contributed by atoms with van der Waals surface area (Å²) >= 11 is 1.44. The largest absolute Gasteiger partial charge is 0.462 e. The van der Waals surface area contributed by atoms with Gasteiger partial charge in [0.05, 0.1) is 0 Å². The molecule has 0 saturated carbocycles. The Bertz CT molecular complexity index is 306. The lowest BCUT2D eigenvalue weighted by Gasteiger charge is -2.24. The fourth-order valence-corrected chi connectivity index (χ4v) is 4.16. The number of hydrogen-bond acceptors (Lipinski definition) is 6. The van der Waals surface area contributed by atoms with Crippen LogP contribution in [-0.4, -0.2) is 44.9 Å². The Hall–Kier alpha value is -0.560. The van der Waals surface area contributed by atoms with E-state index in [1.165, 1.54) is 25.6 Å². The van der Waals surface area contributed by atoms with Crippen molar-refractivity contribution in [2.75, 3.05) is 18.1 Å². The van der Waals surface area contributed by atoms with Gasteiger partial charge in [-0.1, -0.05) is 13.8 Å². The maximum absolute atomic E-state index is 11.9. The van der Waals surface area contributed by atoms with Gasteiger partial charge in [-0.25, -0.2) is 0 Å². The van der Waals surface area contributed by atoms with E-state index in [0.29, 0.717) is 5.75 Å². The van der Waals surface area contributed by atoms with Gasteiger partial charge in [0.15, 0.2) is 6.10 Å². The molecule has 0 rings (SSSR count). The van der Waals surface area contributed by atoms with Crippen LogP contribution < -0.4 is 0 Å². The van der Waals surface area contributed by atoms with Crippen LogP contribution in [0.2, 0.25) is 0 Å². The lowest BCUT2D eigenvalue weighted by atomic mass is 10.4. The van der Waals surface area contributed by atoms with E-state index in [-0.39, 0.29) is 11.2 Å². The van der Waals surface area contributed by atoms with E-state index in [4.69, 9.17) is 9.47 Å². The first-order valence-corrected chi connectivity index (χ1v) is 8.14. The second-order valence-corrected chi connectivity index (χ2v) is 7.01. The summed E-state index contributed by atoms with van der Waals surface area (Å²) in [6.45, 7) is 6.24. The minimum Gasteiger partial charge on any atom is -0.462 e. The van der Waals surface area contributed by atoms with E-state index in [1.807, 2.05) is 6.92 Å². The molecule has 0 amide bonds. The van der Waals surface area contributed by atoms with Crippen LogP contribution in [0.3, 0.4) is 0 Å². The van der Waals surface area contributed by atoms with Crippen molar-refractivity contribution in [2.45, 2.75) is 38.4 Å². The Balaban J connectivity index is 4.77. The maximum Gasteiger partial charge on any atom is 0.303 e. The Morgan fingerprint density at radius 2 is 1.83 bits per heavy atom. The van der Waals surface area contributed by atoms with Crippen LogP contribution in [0.25, 0.3) is 0 Å². The van der Waals surface area contributed by atoms with Crippen molar-refractivity contribution in [2.24, 2.45) is 0 Å². The first kappa shape index (κ1) is 17.4. The summed E-state index contributed by atoms with van der Waals surface area (Å²) in [7, 11) is -1.13. The third-order valence-corrected chi connectivity index (χ3v) is 5.35. The fraction of sp³-hybridized carbons (Fsp3) is 0.818. The highest BCUT2D eigenvalue weighted by Crippen LogP contribution is 2.21. The van der Waals surface area contributed by atoms with Crippen molar-refractivity contribution in [3.63, 3.8) is 0 Å². The van der Waals surface area contributed by atoms with Gasteiger partial charge in [0, 0.05) is 30.4 Å². The van der Waals surface area contributed by atoms with Crippen molar-refractivity contribution in [1.29, 1.82) is 0 Å². The molecule has 3 atom stereocenters. The Morgan fingerprint density at radius 3 is 2.22 bits per heavy atom. The highest BCUT2D eigenvalue weighted by Gasteiger charge is 2.30. The van der Waals surface area contributed by atoms with Crippen molar-refractivity contribution in [3.8, 4) is 0 Å². The van der Waals surface area contributed by atoms with Gasteiger partial charge in [0.25, 0.3) is 0 Å². The summed E-state index contributed by atoms with van der Waals surface area (Å²) in [5.41, 5.74) is 0. The number of carbonyl (C=O) groups excluding carboxylic acids is 2. The number of esters is 2. The van der Waals surface area contributed by atoms with Gasteiger partial charge < -0.3 is 9.47 Å². The zero-order valence-corrected chi connectivity index (χ0v) is 12.8. The minimum absolute atomic E-state index is 0.0572.